The Morgan fingerprint density at radius 2 is 1.17 bits per heavy atom. The van der Waals surface area contributed by atoms with Crippen LogP contribution in [-0.2, 0) is 32.7 Å². The zero-order valence-electron chi connectivity index (χ0n) is 6.17. The van der Waals surface area contributed by atoms with Crippen LogP contribution < -0.4 is 0 Å². The first kappa shape index (κ1) is 12.0. The van der Waals surface area contributed by atoms with E-state index in [2.05, 4.69) is 7.94 Å². The Morgan fingerprint density at radius 1 is 0.917 bits per heavy atom. The molecule has 0 saturated carbocycles. The van der Waals surface area contributed by atoms with Crippen LogP contribution in [0.4, 0.5) is 0 Å². The van der Waals surface area contributed by atoms with Gasteiger partial charge in [-0.3, -0.25) is 4.57 Å². The van der Waals surface area contributed by atoms with Crippen LogP contribution >= 0.6 is 8.25 Å². The van der Waals surface area contributed by atoms with Crippen LogP contribution in [0.1, 0.15) is 0 Å². The van der Waals surface area contributed by atoms with Crippen LogP contribution in [0.25, 0.3) is 0 Å². The summed E-state index contributed by atoms with van der Waals surface area (Å²) in [6.45, 7) is 0. The topological polar surface area (TPSA) is 104 Å². The van der Waals surface area contributed by atoms with Crippen molar-refractivity contribution in [2.75, 3.05) is 12.5 Å². The summed E-state index contributed by atoms with van der Waals surface area (Å²) in [6, 6.07) is 0. The number of hydrogen-bond acceptors (Lipinski definition) is 7. The van der Waals surface area contributed by atoms with Gasteiger partial charge in [-0.05, 0) is 0 Å². The summed E-state index contributed by atoms with van der Waals surface area (Å²) in [5.41, 5.74) is 0. The second-order valence-electron chi connectivity index (χ2n) is 1.82. The molecule has 0 radical (unpaired) electrons. The lowest BCUT2D eigenvalue weighted by molar-refractivity contribution is 0.408. The Morgan fingerprint density at radius 3 is 1.33 bits per heavy atom. The molecule has 0 spiro atoms. The van der Waals surface area contributed by atoms with E-state index >= 15 is 0 Å². The fraction of sp³-hybridized carbons (Fsp3) is 1.00. The van der Waals surface area contributed by atoms with E-state index in [-0.39, 0.29) is 0 Å². The first-order chi connectivity index (χ1) is 5.10. The lowest BCUT2D eigenvalue weighted by Crippen LogP contribution is -2.01. The molecule has 10 heteroatoms. The molecule has 0 amide bonds. The standard InChI is InChI=1S/C2H7O7PS2/c1-11(4,5)8-10(3)9-12(2,6)7/h10H,1-2H3. The average Bonchev–Trinajstić information content (AvgIpc) is 1.49. The van der Waals surface area contributed by atoms with Crippen molar-refractivity contribution in [3.8, 4) is 0 Å². The molecule has 7 nitrogen and oxygen atoms in total. The van der Waals surface area contributed by atoms with Crippen LogP contribution in [0.2, 0.25) is 0 Å². The van der Waals surface area contributed by atoms with Gasteiger partial charge in [-0.2, -0.15) is 24.8 Å². The molecule has 12 heavy (non-hydrogen) atoms. The van der Waals surface area contributed by atoms with Gasteiger partial charge in [-0.25, -0.2) is 0 Å². The van der Waals surface area contributed by atoms with E-state index in [0.717, 1.165) is 0 Å². The minimum absolute atomic E-state index is 0.626. The van der Waals surface area contributed by atoms with Crippen LogP contribution in [0.3, 0.4) is 0 Å². The predicted molar refractivity (Wildman–Crippen MR) is 40.9 cm³/mol. The van der Waals surface area contributed by atoms with Gasteiger partial charge in [0.25, 0.3) is 20.2 Å². The minimum atomic E-state index is -3.95. The number of hydrogen-bond donors (Lipinski definition) is 0. The highest BCUT2D eigenvalue weighted by atomic mass is 32.2. The van der Waals surface area contributed by atoms with Crippen LogP contribution in [0, 0.1) is 0 Å². The molecule has 0 saturated heterocycles. The Labute approximate surface area is 70.9 Å². The molecule has 0 fully saturated rings. The van der Waals surface area contributed by atoms with E-state index < -0.39 is 28.5 Å². The van der Waals surface area contributed by atoms with Gasteiger partial charge < -0.3 is 0 Å². The summed E-state index contributed by atoms with van der Waals surface area (Å²) in [4.78, 5) is 0. The number of rotatable bonds is 4. The van der Waals surface area contributed by atoms with Crippen LogP contribution in [-0.4, -0.2) is 29.3 Å². The summed E-state index contributed by atoms with van der Waals surface area (Å²) < 4.78 is 58.9. The van der Waals surface area contributed by atoms with Gasteiger partial charge >= 0.3 is 8.25 Å². The Balaban J connectivity index is 4.30. The van der Waals surface area contributed by atoms with Crippen molar-refractivity contribution >= 4 is 28.5 Å². The van der Waals surface area contributed by atoms with Crippen molar-refractivity contribution in [3.05, 3.63) is 0 Å². The molecule has 0 N–H and O–H groups in total. The van der Waals surface area contributed by atoms with Crippen molar-refractivity contribution < 1.29 is 29.3 Å². The Hall–Kier alpha value is 0.0500. The second kappa shape index (κ2) is 3.84. The highest BCUT2D eigenvalue weighted by Crippen LogP contribution is 2.28. The Bertz CT molecular complexity index is 326. The SMILES string of the molecule is CS(=O)(=O)O[PH](=O)OS(C)(=O)=O. The fourth-order valence-electron chi connectivity index (χ4n) is 0.261. The van der Waals surface area contributed by atoms with E-state index in [4.69, 9.17) is 0 Å². The van der Waals surface area contributed by atoms with Gasteiger partial charge in [0.15, 0.2) is 0 Å². The molecule has 74 valence electrons. The summed E-state index contributed by atoms with van der Waals surface area (Å²) in [5.74, 6) is 0. The van der Waals surface area contributed by atoms with Gasteiger partial charge in [0.05, 0.1) is 12.5 Å². The molecule has 0 aliphatic rings. The van der Waals surface area contributed by atoms with E-state index in [1.807, 2.05) is 0 Å². The molecule has 0 aromatic carbocycles. The molecule has 0 unspecified atom stereocenters. The highest BCUT2D eigenvalue weighted by Gasteiger charge is 2.14. The molecule has 0 rings (SSSR count). The highest BCUT2D eigenvalue weighted by molar-refractivity contribution is 7.92. The third kappa shape index (κ3) is 8.15. The lowest BCUT2D eigenvalue weighted by atomic mass is 12.0. The first-order valence-electron chi connectivity index (χ1n) is 2.43. The smallest absolute Gasteiger partial charge is 0.261 e. The molecular formula is C2H7O7PS2. The summed E-state index contributed by atoms with van der Waals surface area (Å²) >= 11 is 0. The lowest BCUT2D eigenvalue weighted by Gasteiger charge is -1.99. The third-order valence-electron chi connectivity index (χ3n) is 0.439. The van der Waals surface area contributed by atoms with Crippen LogP contribution in [0.15, 0.2) is 0 Å². The predicted octanol–water partition coefficient (Wildman–Crippen LogP) is -0.671. The van der Waals surface area contributed by atoms with Crippen molar-refractivity contribution in [2.24, 2.45) is 0 Å². The average molecular weight is 238 g/mol. The fourth-order valence-corrected chi connectivity index (χ4v) is 2.60. The second-order valence-corrected chi connectivity index (χ2v) is 6.47. The van der Waals surface area contributed by atoms with Crippen LogP contribution in [0.5, 0.6) is 0 Å². The van der Waals surface area contributed by atoms with Gasteiger partial charge in [-0.1, -0.05) is 0 Å². The molecule has 0 atom stereocenters. The summed E-state index contributed by atoms with van der Waals surface area (Å²) in [5, 5.41) is 0. The summed E-state index contributed by atoms with van der Waals surface area (Å²) in [7, 11) is -11.4. The zero-order valence-corrected chi connectivity index (χ0v) is 8.81. The van der Waals surface area contributed by atoms with E-state index in [1.165, 1.54) is 0 Å². The van der Waals surface area contributed by atoms with Crippen molar-refractivity contribution in [2.45, 2.75) is 0 Å². The molecule has 0 aromatic rings. The van der Waals surface area contributed by atoms with Gasteiger partial charge in [-0.15, -0.1) is 0 Å². The van der Waals surface area contributed by atoms with Crippen molar-refractivity contribution in [3.63, 3.8) is 0 Å². The van der Waals surface area contributed by atoms with E-state index in [9.17, 15) is 21.4 Å². The summed E-state index contributed by atoms with van der Waals surface area (Å²) in [6.07, 6.45) is 1.25. The maximum absolute atomic E-state index is 10.5. The maximum Gasteiger partial charge on any atom is 0.348 e. The Kier molecular flexibility index (Phi) is 3.86. The van der Waals surface area contributed by atoms with E-state index in [1.54, 1.807) is 0 Å². The maximum atomic E-state index is 10.5. The largest absolute Gasteiger partial charge is 0.348 e. The zero-order chi connectivity index (χ0) is 9.99. The first-order valence-corrected chi connectivity index (χ1v) is 7.29. The monoisotopic (exact) mass is 238 g/mol. The van der Waals surface area contributed by atoms with Gasteiger partial charge in [0, 0.05) is 0 Å². The minimum Gasteiger partial charge on any atom is -0.261 e. The quantitative estimate of drug-likeness (QED) is 0.598. The van der Waals surface area contributed by atoms with Crippen molar-refractivity contribution in [1.29, 1.82) is 0 Å². The van der Waals surface area contributed by atoms with Crippen molar-refractivity contribution in [1.82, 2.24) is 0 Å². The molecule has 0 aliphatic carbocycles. The molecule has 0 bridgehead atoms. The molecule has 0 heterocycles. The van der Waals surface area contributed by atoms with Gasteiger partial charge in [0.2, 0.25) is 0 Å². The van der Waals surface area contributed by atoms with E-state index in [0.29, 0.717) is 12.5 Å². The molecule has 0 aromatic heterocycles. The normalized spacial score (nSPS) is 13.6. The molecule has 0 aliphatic heterocycles. The third-order valence-corrected chi connectivity index (χ3v) is 3.95. The molecular weight excluding hydrogens is 231 g/mol. The van der Waals surface area contributed by atoms with Gasteiger partial charge in [0.1, 0.15) is 0 Å².